The van der Waals surface area contributed by atoms with Crippen LogP contribution in [0.5, 0.6) is 5.75 Å². The van der Waals surface area contributed by atoms with Gasteiger partial charge in [-0.05, 0) is 50.7 Å². The molecule has 0 spiro atoms. The molecule has 4 N–H and O–H groups in total. The Kier molecular flexibility index (Phi) is 5.41. The zero-order valence-electron chi connectivity index (χ0n) is 18.7. The molecule has 3 aromatic heterocycles. The van der Waals surface area contributed by atoms with Crippen molar-refractivity contribution in [1.82, 2.24) is 25.5 Å². The normalized spacial score (nSPS) is 16.1. The highest BCUT2D eigenvalue weighted by Crippen LogP contribution is 2.41. The maximum Gasteiger partial charge on any atom is 0.251 e. The number of benzene rings is 1. The number of fused-ring (bicyclic) bond motifs is 4. The number of hydrogen-bond donors (Lipinski definition) is 4. The average molecular weight is 467 g/mol. The molecule has 1 aliphatic rings. The second-order valence-electron chi connectivity index (χ2n) is 8.92. The van der Waals surface area contributed by atoms with Crippen molar-refractivity contribution < 1.29 is 14.6 Å². The molecule has 9 nitrogen and oxygen atoms in total. The number of aromatic nitrogens is 4. The first-order valence-corrected chi connectivity index (χ1v) is 11.7. The van der Waals surface area contributed by atoms with Crippen LogP contribution in [0.15, 0.2) is 24.7 Å². The fourth-order valence-electron chi connectivity index (χ4n) is 4.27. The maximum atomic E-state index is 12.0. The van der Waals surface area contributed by atoms with Gasteiger partial charge in [0.05, 0.1) is 29.9 Å². The van der Waals surface area contributed by atoms with Crippen molar-refractivity contribution in [3.63, 3.8) is 0 Å². The van der Waals surface area contributed by atoms with Crippen molar-refractivity contribution in [2.75, 3.05) is 19.0 Å². The van der Waals surface area contributed by atoms with Gasteiger partial charge in [0.15, 0.2) is 0 Å². The van der Waals surface area contributed by atoms with Crippen LogP contribution in [0.3, 0.4) is 0 Å². The quantitative estimate of drug-likeness (QED) is 0.344. The second kappa shape index (κ2) is 8.27. The van der Waals surface area contributed by atoms with Gasteiger partial charge in [0, 0.05) is 22.9 Å². The van der Waals surface area contributed by atoms with Gasteiger partial charge in [-0.25, -0.2) is 9.97 Å². The lowest BCUT2D eigenvalue weighted by Gasteiger charge is -2.24. The molecular formula is C23H26N6O3S. The smallest absolute Gasteiger partial charge is 0.251 e. The van der Waals surface area contributed by atoms with Crippen LogP contribution in [0.25, 0.3) is 21.1 Å². The van der Waals surface area contributed by atoms with Crippen LogP contribution in [0, 0.1) is 5.92 Å². The monoisotopic (exact) mass is 466 g/mol. The van der Waals surface area contributed by atoms with E-state index >= 15 is 0 Å². The summed E-state index contributed by atoms with van der Waals surface area (Å²) in [5, 5.41) is 25.3. The van der Waals surface area contributed by atoms with Crippen LogP contribution in [-0.2, 0) is 17.6 Å². The van der Waals surface area contributed by atoms with Crippen molar-refractivity contribution in [1.29, 1.82) is 0 Å². The molecular weight excluding hydrogens is 440 g/mol. The topological polar surface area (TPSA) is 125 Å². The van der Waals surface area contributed by atoms with Gasteiger partial charge in [0.25, 0.3) is 5.91 Å². The predicted molar refractivity (Wildman–Crippen MR) is 128 cm³/mol. The lowest BCUT2D eigenvalue weighted by Crippen LogP contribution is -2.44. The summed E-state index contributed by atoms with van der Waals surface area (Å²) in [6, 6.07) is 3.91. The molecule has 172 valence electrons. The Morgan fingerprint density at radius 2 is 2.21 bits per heavy atom. The standard InChI is InChI=1S/C23H26N6O3S/c1-23(2,31)22(30)24-9-12-4-5-14-18(6-12)33-21-19(14)20(25-11-26-21)28-16-7-13-10-27-29-15(13)8-17(16)32-3/h7-8,10-12,31H,4-6,9H2,1-3H3,(H,24,30)(H,27,29)(H,25,26,28). The Morgan fingerprint density at radius 3 is 3.00 bits per heavy atom. The lowest BCUT2D eigenvalue weighted by molar-refractivity contribution is -0.136. The number of amides is 1. The Bertz CT molecular complexity index is 1340. The molecule has 1 aliphatic carbocycles. The third kappa shape index (κ3) is 4.11. The van der Waals surface area contributed by atoms with E-state index in [-0.39, 0.29) is 5.91 Å². The number of carbonyl (C=O) groups is 1. The van der Waals surface area contributed by atoms with Gasteiger partial charge in [-0.2, -0.15) is 5.10 Å². The van der Waals surface area contributed by atoms with E-state index in [4.69, 9.17) is 4.74 Å². The third-order valence-electron chi connectivity index (χ3n) is 6.07. The Hall–Kier alpha value is -3.24. The minimum Gasteiger partial charge on any atom is -0.494 e. The molecule has 1 unspecified atom stereocenters. The molecule has 1 atom stereocenters. The van der Waals surface area contributed by atoms with Gasteiger partial charge < -0.3 is 20.5 Å². The first-order valence-electron chi connectivity index (χ1n) is 10.9. The zero-order chi connectivity index (χ0) is 23.2. The number of aromatic amines is 1. The Morgan fingerprint density at radius 1 is 1.36 bits per heavy atom. The van der Waals surface area contributed by atoms with Crippen LogP contribution in [0.1, 0.15) is 30.7 Å². The number of rotatable bonds is 6. The summed E-state index contributed by atoms with van der Waals surface area (Å²) in [5.41, 5.74) is 1.62. The molecule has 0 fully saturated rings. The SMILES string of the molecule is COc1cc2[nH]ncc2cc1Nc1ncnc2sc3c(c12)CCC(CNC(=O)C(C)(C)O)C3. The van der Waals surface area contributed by atoms with Gasteiger partial charge in [0.1, 0.15) is 28.3 Å². The molecule has 4 aromatic rings. The van der Waals surface area contributed by atoms with Gasteiger partial charge in [-0.15, -0.1) is 11.3 Å². The van der Waals surface area contributed by atoms with Crippen molar-refractivity contribution in [3.05, 3.63) is 35.1 Å². The first-order chi connectivity index (χ1) is 15.8. The second-order valence-corrected chi connectivity index (χ2v) is 10.0. The minimum atomic E-state index is -1.37. The number of methoxy groups -OCH3 is 1. The number of carbonyl (C=O) groups excluding carboxylic acids is 1. The highest BCUT2D eigenvalue weighted by molar-refractivity contribution is 7.19. The minimum absolute atomic E-state index is 0.324. The fraction of sp³-hybridized carbons (Fsp3) is 0.391. The summed E-state index contributed by atoms with van der Waals surface area (Å²) < 4.78 is 5.58. The van der Waals surface area contributed by atoms with Crippen molar-refractivity contribution in [2.45, 2.75) is 38.7 Å². The van der Waals surface area contributed by atoms with E-state index in [0.29, 0.717) is 18.2 Å². The van der Waals surface area contributed by atoms with Gasteiger partial charge in [-0.1, -0.05) is 0 Å². The third-order valence-corrected chi connectivity index (χ3v) is 7.23. The lowest BCUT2D eigenvalue weighted by atomic mass is 9.87. The molecule has 10 heteroatoms. The molecule has 1 aromatic carbocycles. The summed E-state index contributed by atoms with van der Waals surface area (Å²) in [7, 11) is 1.64. The Balaban J connectivity index is 1.42. The molecule has 0 radical (unpaired) electrons. The maximum absolute atomic E-state index is 12.0. The first kappa shape index (κ1) is 21.6. The van der Waals surface area contributed by atoms with E-state index in [1.807, 2.05) is 12.1 Å². The summed E-state index contributed by atoms with van der Waals surface area (Å²) in [6.07, 6.45) is 6.06. The van der Waals surface area contributed by atoms with Gasteiger partial charge in [-0.3, -0.25) is 9.89 Å². The van der Waals surface area contributed by atoms with E-state index < -0.39 is 5.60 Å². The molecule has 3 heterocycles. The largest absolute Gasteiger partial charge is 0.494 e. The van der Waals surface area contributed by atoms with E-state index in [2.05, 4.69) is 30.8 Å². The van der Waals surface area contributed by atoms with Crippen LogP contribution in [-0.4, -0.2) is 50.4 Å². The molecule has 0 saturated carbocycles. The molecule has 0 aliphatic heterocycles. The van der Waals surface area contributed by atoms with Crippen molar-refractivity contribution in [3.8, 4) is 5.75 Å². The van der Waals surface area contributed by atoms with Gasteiger partial charge in [0.2, 0.25) is 0 Å². The van der Waals surface area contributed by atoms with E-state index in [1.54, 1.807) is 31.0 Å². The number of aliphatic hydroxyl groups is 1. The zero-order valence-corrected chi connectivity index (χ0v) is 19.5. The van der Waals surface area contributed by atoms with Crippen LogP contribution >= 0.6 is 11.3 Å². The number of nitrogens with one attached hydrogen (secondary N) is 3. The van der Waals surface area contributed by atoms with Crippen molar-refractivity contribution >= 4 is 49.9 Å². The number of anilines is 2. The highest BCUT2D eigenvalue weighted by atomic mass is 32.1. The molecule has 33 heavy (non-hydrogen) atoms. The summed E-state index contributed by atoms with van der Waals surface area (Å²) in [4.78, 5) is 23.3. The van der Waals surface area contributed by atoms with Crippen molar-refractivity contribution in [2.24, 2.45) is 5.92 Å². The molecule has 0 saturated heterocycles. The van der Waals surface area contributed by atoms with Crippen LogP contribution < -0.4 is 15.4 Å². The predicted octanol–water partition coefficient (Wildman–Crippen LogP) is 3.31. The molecule has 0 bridgehead atoms. The number of ether oxygens (including phenoxy) is 1. The number of aryl methyl sites for hydroxylation is 1. The number of nitrogens with zero attached hydrogens (tertiary/aromatic N) is 3. The average Bonchev–Trinajstić information content (AvgIpc) is 3.39. The summed E-state index contributed by atoms with van der Waals surface area (Å²) in [5.74, 6) is 1.44. The van der Waals surface area contributed by atoms with E-state index in [9.17, 15) is 9.90 Å². The molecule has 5 rings (SSSR count). The van der Waals surface area contributed by atoms with E-state index in [0.717, 1.165) is 51.9 Å². The number of hydrogen-bond acceptors (Lipinski definition) is 8. The Labute approximate surface area is 194 Å². The molecule has 1 amide bonds. The summed E-state index contributed by atoms with van der Waals surface area (Å²) >= 11 is 1.68. The number of H-pyrrole nitrogens is 1. The van der Waals surface area contributed by atoms with Crippen LogP contribution in [0.4, 0.5) is 11.5 Å². The fourth-order valence-corrected chi connectivity index (χ4v) is 5.57. The number of thiophene rings is 1. The van der Waals surface area contributed by atoms with Gasteiger partial charge >= 0.3 is 0 Å². The summed E-state index contributed by atoms with van der Waals surface area (Å²) in [6.45, 7) is 3.55. The highest BCUT2D eigenvalue weighted by Gasteiger charge is 2.28. The van der Waals surface area contributed by atoms with E-state index in [1.165, 1.54) is 24.3 Å². The van der Waals surface area contributed by atoms with Crippen LogP contribution in [0.2, 0.25) is 0 Å².